The van der Waals surface area contributed by atoms with Crippen LogP contribution in [0.3, 0.4) is 0 Å². The number of nitrogens with two attached hydrogens (primary N) is 2. The Morgan fingerprint density at radius 1 is 1.50 bits per heavy atom. The molecule has 1 rings (SSSR count). The molecule has 0 unspecified atom stereocenters. The fraction of sp³-hybridized carbons (Fsp3) is 0.500. The van der Waals surface area contributed by atoms with Gasteiger partial charge < -0.3 is 11.5 Å². The number of thioether (sulfide) groups is 1. The lowest BCUT2D eigenvalue weighted by molar-refractivity contribution is -0.117. The van der Waals surface area contributed by atoms with Gasteiger partial charge in [-0.1, -0.05) is 11.8 Å². The van der Waals surface area contributed by atoms with Crippen LogP contribution in [-0.4, -0.2) is 44.4 Å². The molecule has 0 aromatic carbocycles. The van der Waals surface area contributed by atoms with Crippen molar-refractivity contribution in [2.45, 2.75) is 11.7 Å². The lowest BCUT2D eigenvalue weighted by atomic mass is 10.7. The topological polar surface area (TPSA) is 142 Å². The van der Waals surface area contributed by atoms with Gasteiger partial charge in [0.05, 0.1) is 12.3 Å². The highest BCUT2D eigenvalue weighted by Crippen LogP contribution is 2.12. The van der Waals surface area contributed by atoms with E-state index in [2.05, 4.69) is 15.5 Å². The van der Waals surface area contributed by atoms with Gasteiger partial charge in [-0.2, -0.15) is 0 Å². The number of amides is 3. The zero-order valence-corrected chi connectivity index (χ0v) is 9.11. The van der Waals surface area contributed by atoms with Crippen molar-refractivity contribution in [3.63, 3.8) is 0 Å². The first-order valence-electron chi connectivity index (χ1n) is 4.31. The third kappa shape index (κ3) is 3.82. The summed E-state index contributed by atoms with van der Waals surface area (Å²) in [5.41, 5.74) is 10.1. The summed E-state index contributed by atoms with van der Waals surface area (Å²) in [5, 5.41) is 13.2. The van der Waals surface area contributed by atoms with Gasteiger partial charge in [-0.25, -0.2) is 9.48 Å². The van der Waals surface area contributed by atoms with Crippen LogP contribution in [0.2, 0.25) is 0 Å². The van der Waals surface area contributed by atoms with E-state index < -0.39 is 11.9 Å². The van der Waals surface area contributed by atoms with Crippen LogP contribution in [0.1, 0.15) is 0 Å². The first-order chi connectivity index (χ1) is 7.63. The number of imide groups is 1. The van der Waals surface area contributed by atoms with E-state index in [1.165, 1.54) is 4.68 Å². The minimum Gasteiger partial charge on any atom is -0.351 e. The number of hydrogen-bond donors (Lipinski definition) is 3. The Hall–Kier alpha value is -1.68. The highest BCUT2D eigenvalue weighted by Gasteiger charge is 2.10. The minimum absolute atomic E-state index is 0.00782. The number of carbonyl (C=O) groups excluding carboxylic acids is 2. The molecule has 0 radical (unpaired) electrons. The molecule has 1 aromatic heterocycles. The molecule has 0 atom stereocenters. The average Bonchev–Trinajstić information content (AvgIpc) is 2.62. The lowest BCUT2D eigenvalue weighted by Gasteiger charge is -2.01. The summed E-state index contributed by atoms with van der Waals surface area (Å²) in [4.78, 5) is 21.4. The normalized spacial score (nSPS) is 10.1. The van der Waals surface area contributed by atoms with E-state index in [1.54, 1.807) is 0 Å². The molecule has 10 heteroatoms. The first-order valence-corrected chi connectivity index (χ1v) is 5.30. The summed E-state index contributed by atoms with van der Waals surface area (Å²) in [6.45, 7) is 0.860. The van der Waals surface area contributed by atoms with Crippen molar-refractivity contribution in [3.8, 4) is 0 Å². The largest absolute Gasteiger partial charge is 0.351 e. The number of urea groups is 1. The van der Waals surface area contributed by atoms with Gasteiger partial charge in [-0.15, -0.1) is 5.10 Å². The second-order valence-electron chi connectivity index (χ2n) is 2.67. The second-order valence-corrected chi connectivity index (χ2v) is 3.62. The monoisotopic (exact) mass is 245 g/mol. The van der Waals surface area contributed by atoms with Gasteiger partial charge in [0, 0.05) is 6.54 Å². The molecule has 0 aliphatic heterocycles. The van der Waals surface area contributed by atoms with Crippen LogP contribution in [0.25, 0.3) is 0 Å². The fourth-order valence-corrected chi connectivity index (χ4v) is 1.57. The number of carbonyl (C=O) groups is 2. The zero-order chi connectivity index (χ0) is 12.0. The number of nitrogens with zero attached hydrogens (tertiary/aromatic N) is 4. The predicted molar refractivity (Wildman–Crippen MR) is 55.3 cm³/mol. The molecular formula is C6H11N7O2S. The SMILES string of the molecule is NCCn1nnnc1SCC(=O)NC(N)=O. The van der Waals surface area contributed by atoms with Gasteiger partial charge in [0.15, 0.2) is 0 Å². The fourth-order valence-electron chi connectivity index (χ4n) is 0.866. The Bertz CT molecular complexity index is 379. The van der Waals surface area contributed by atoms with Crippen molar-refractivity contribution < 1.29 is 9.59 Å². The number of nitrogens with one attached hydrogen (secondary N) is 1. The third-order valence-corrected chi connectivity index (χ3v) is 2.39. The molecule has 0 fully saturated rings. The predicted octanol–water partition coefficient (Wildman–Crippen LogP) is -2.08. The molecule has 0 aliphatic carbocycles. The molecule has 88 valence electrons. The first kappa shape index (κ1) is 12.4. The van der Waals surface area contributed by atoms with Gasteiger partial charge in [0.25, 0.3) is 0 Å². The molecule has 0 saturated heterocycles. The number of aromatic nitrogens is 4. The third-order valence-electron chi connectivity index (χ3n) is 1.43. The number of tetrazole rings is 1. The molecule has 0 aliphatic rings. The highest BCUT2D eigenvalue weighted by atomic mass is 32.2. The smallest absolute Gasteiger partial charge is 0.318 e. The highest BCUT2D eigenvalue weighted by molar-refractivity contribution is 7.99. The molecule has 16 heavy (non-hydrogen) atoms. The maximum absolute atomic E-state index is 11.1. The maximum atomic E-state index is 11.1. The Morgan fingerprint density at radius 3 is 2.88 bits per heavy atom. The number of primary amides is 1. The van der Waals surface area contributed by atoms with E-state index >= 15 is 0 Å². The maximum Gasteiger partial charge on any atom is 0.318 e. The summed E-state index contributed by atoms with van der Waals surface area (Å²) >= 11 is 1.10. The number of rotatable bonds is 5. The van der Waals surface area contributed by atoms with E-state index in [1.807, 2.05) is 5.32 Å². The summed E-state index contributed by atoms with van der Waals surface area (Å²) in [6.07, 6.45) is 0. The summed E-state index contributed by atoms with van der Waals surface area (Å²) in [6, 6.07) is -0.882. The van der Waals surface area contributed by atoms with Gasteiger partial charge >= 0.3 is 6.03 Å². The Morgan fingerprint density at radius 2 is 2.25 bits per heavy atom. The van der Waals surface area contributed by atoms with Crippen LogP contribution in [0, 0.1) is 0 Å². The van der Waals surface area contributed by atoms with Gasteiger partial charge in [0.2, 0.25) is 11.1 Å². The standard InChI is InChI=1S/C6H11N7O2S/c7-1-2-13-6(10-11-12-13)16-3-4(14)9-5(8)15/h1-3,7H2,(H3,8,9,14,15). The van der Waals surface area contributed by atoms with Crippen LogP contribution < -0.4 is 16.8 Å². The Labute approximate surface area is 94.9 Å². The van der Waals surface area contributed by atoms with Gasteiger partial charge in [-0.05, 0) is 10.4 Å². The summed E-state index contributed by atoms with van der Waals surface area (Å²) in [7, 11) is 0. The van der Waals surface area contributed by atoms with Crippen LogP contribution in [-0.2, 0) is 11.3 Å². The Kier molecular flexibility index (Phi) is 4.66. The van der Waals surface area contributed by atoms with Gasteiger partial charge in [0.1, 0.15) is 0 Å². The molecule has 5 N–H and O–H groups in total. The van der Waals surface area contributed by atoms with Crippen LogP contribution in [0.4, 0.5) is 4.79 Å². The quantitative estimate of drug-likeness (QED) is 0.505. The van der Waals surface area contributed by atoms with E-state index in [0.29, 0.717) is 18.2 Å². The molecule has 1 heterocycles. The average molecular weight is 245 g/mol. The molecule has 0 saturated carbocycles. The van der Waals surface area contributed by atoms with E-state index in [0.717, 1.165) is 11.8 Å². The van der Waals surface area contributed by atoms with E-state index in [-0.39, 0.29) is 5.75 Å². The van der Waals surface area contributed by atoms with E-state index in [9.17, 15) is 9.59 Å². The molecule has 3 amide bonds. The minimum atomic E-state index is -0.882. The lowest BCUT2D eigenvalue weighted by Crippen LogP contribution is -2.36. The van der Waals surface area contributed by atoms with Crippen molar-refractivity contribution in [3.05, 3.63) is 0 Å². The zero-order valence-electron chi connectivity index (χ0n) is 8.29. The van der Waals surface area contributed by atoms with Gasteiger partial charge in [-0.3, -0.25) is 10.1 Å². The molecule has 1 aromatic rings. The van der Waals surface area contributed by atoms with Crippen LogP contribution in [0.15, 0.2) is 5.16 Å². The summed E-state index contributed by atoms with van der Waals surface area (Å²) in [5.74, 6) is -0.492. The van der Waals surface area contributed by atoms with Crippen molar-refractivity contribution in [2.24, 2.45) is 11.5 Å². The molecule has 0 bridgehead atoms. The van der Waals surface area contributed by atoms with Crippen molar-refractivity contribution >= 4 is 23.7 Å². The summed E-state index contributed by atoms with van der Waals surface area (Å²) < 4.78 is 1.47. The van der Waals surface area contributed by atoms with Crippen molar-refractivity contribution in [1.82, 2.24) is 25.5 Å². The van der Waals surface area contributed by atoms with Crippen LogP contribution >= 0.6 is 11.8 Å². The van der Waals surface area contributed by atoms with Crippen molar-refractivity contribution in [1.29, 1.82) is 0 Å². The Balaban J connectivity index is 2.44. The molecule has 0 spiro atoms. The molecular weight excluding hydrogens is 234 g/mol. The number of hydrogen-bond acceptors (Lipinski definition) is 7. The van der Waals surface area contributed by atoms with Crippen molar-refractivity contribution in [2.75, 3.05) is 12.3 Å². The second kappa shape index (κ2) is 6.02. The molecule has 9 nitrogen and oxygen atoms in total. The van der Waals surface area contributed by atoms with E-state index in [4.69, 9.17) is 11.5 Å². The van der Waals surface area contributed by atoms with Crippen LogP contribution in [0.5, 0.6) is 0 Å².